The summed E-state index contributed by atoms with van der Waals surface area (Å²) in [6, 6.07) is 2.86. The van der Waals surface area contributed by atoms with E-state index in [4.69, 9.17) is 9.84 Å². The monoisotopic (exact) mass is 250 g/mol. The molecule has 1 aromatic rings. The summed E-state index contributed by atoms with van der Waals surface area (Å²) in [5, 5.41) is 11.3. The number of nitrogens with zero attached hydrogens (tertiary/aromatic N) is 1. The Morgan fingerprint density at radius 2 is 2.22 bits per heavy atom. The third-order valence-corrected chi connectivity index (χ3v) is 2.73. The van der Waals surface area contributed by atoms with E-state index in [-0.39, 0.29) is 11.5 Å². The van der Waals surface area contributed by atoms with E-state index in [1.165, 1.54) is 18.3 Å². The third-order valence-electron chi connectivity index (χ3n) is 2.73. The molecule has 0 radical (unpaired) electrons. The highest BCUT2D eigenvalue weighted by atomic mass is 16.5. The summed E-state index contributed by atoms with van der Waals surface area (Å²) in [6.07, 6.45) is 3.44. The van der Waals surface area contributed by atoms with Gasteiger partial charge in [-0.05, 0) is 31.4 Å². The molecule has 1 atom stereocenters. The molecule has 0 bridgehead atoms. The maximum atomic E-state index is 11.8. The van der Waals surface area contributed by atoms with Crippen molar-refractivity contribution >= 4 is 17.7 Å². The topological polar surface area (TPSA) is 88.5 Å². The van der Waals surface area contributed by atoms with Crippen molar-refractivity contribution in [3.8, 4) is 0 Å². The van der Waals surface area contributed by atoms with Crippen LogP contribution in [0, 0.1) is 0 Å². The molecule has 2 heterocycles. The maximum Gasteiger partial charge on any atom is 0.337 e. The normalized spacial score (nSPS) is 19.2. The number of carboxylic acid groups (broad SMARTS) is 1. The van der Waals surface area contributed by atoms with Crippen LogP contribution in [-0.2, 0) is 9.53 Å². The van der Waals surface area contributed by atoms with Crippen LogP contribution in [0.3, 0.4) is 0 Å². The number of nitrogens with one attached hydrogen (secondary N) is 1. The summed E-state index contributed by atoms with van der Waals surface area (Å²) >= 11 is 0. The molecule has 1 saturated heterocycles. The number of aromatic nitrogens is 1. The van der Waals surface area contributed by atoms with Gasteiger partial charge < -0.3 is 15.2 Å². The summed E-state index contributed by atoms with van der Waals surface area (Å²) < 4.78 is 5.34. The van der Waals surface area contributed by atoms with E-state index >= 15 is 0 Å². The number of carbonyl (C=O) groups excluding carboxylic acids is 1. The lowest BCUT2D eigenvalue weighted by atomic mass is 10.1. The molecule has 1 amide bonds. The molecule has 96 valence electrons. The van der Waals surface area contributed by atoms with Crippen LogP contribution in [0.15, 0.2) is 18.3 Å². The fraction of sp³-hybridized carbons (Fsp3) is 0.417. The van der Waals surface area contributed by atoms with Crippen molar-refractivity contribution in [3.63, 3.8) is 0 Å². The predicted octanol–water partition coefficient (Wildman–Crippen LogP) is 1.29. The Morgan fingerprint density at radius 3 is 2.78 bits per heavy atom. The zero-order valence-electron chi connectivity index (χ0n) is 9.76. The van der Waals surface area contributed by atoms with Gasteiger partial charge in [0.1, 0.15) is 11.9 Å². The van der Waals surface area contributed by atoms with E-state index in [2.05, 4.69) is 10.3 Å². The Labute approximate surface area is 104 Å². The van der Waals surface area contributed by atoms with Gasteiger partial charge in [0.15, 0.2) is 0 Å². The average molecular weight is 250 g/mol. The van der Waals surface area contributed by atoms with Gasteiger partial charge in [-0.15, -0.1) is 0 Å². The van der Waals surface area contributed by atoms with Crippen LogP contribution in [0.5, 0.6) is 0 Å². The lowest BCUT2D eigenvalue weighted by Crippen LogP contribution is -2.33. The molecule has 2 rings (SSSR count). The van der Waals surface area contributed by atoms with E-state index in [0.29, 0.717) is 18.8 Å². The summed E-state index contributed by atoms with van der Waals surface area (Å²) in [5.41, 5.74) is 0.0851. The summed E-state index contributed by atoms with van der Waals surface area (Å²) in [5.74, 6) is -0.944. The first kappa shape index (κ1) is 12.5. The highest BCUT2D eigenvalue weighted by Gasteiger charge is 2.22. The van der Waals surface area contributed by atoms with Gasteiger partial charge in [0.2, 0.25) is 0 Å². The van der Waals surface area contributed by atoms with E-state index in [0.717, 1.165) is 12.8 Å². The first-order valence-corrected chi connectivity index (χ1v) is 5.78. The zero-order chi connectivity index (χ0) is 13.0. The molecule has 1 aliphatic heterocycles. The maximum absolute atomic E-state index is 11.8. The first-order valence-electron chi connectivity index (χ1n) is 5.78. The summed E-state index contributed by atoms with van der Waals surface area (Å²) in [6.45, 7) is 0.601. The average Bonchev–Trinajstić information content (AvgIpc) is 2.40. The Kier molecular flexibility index (Phi) is 3.88. The van der Waals surface area contributed by atoms with Crippen LogP contribution < -0.4 is 5.32 Å². The van der Waals surface area contributed by atoms with Crippen LogP contribution in [0.1, 0.15) is 29.6 Å². The van der Waals surface area contributed by atoms with Crippen LogP contribution >= 0.6 is 0 Å². The van der Waals surface area contributed by atoms with Crippen LogP contribution in [0.2, 0.25) is 0 Å². The lowest BCUT2D eigenvalue weighted by molar-refractivity contribution is -0.130. The van der Waals surface area contributed by atoms with E-state index in [1.54, 1.807) is 0 Å². The number of pyridine rings is 1. The second-order valence-electron chi connectivity index (χ2n) is 4.08. The Hall–Kier alpha value is -1.95. The number of rotatable bonds is 3. The molecule has 0 aromatic carbocycles. The van der Waals surface area contributed by atoms with Crippen LogP contribution in [-0.4, -0.2) is 34.7 Å². The van der Waals surface area contributed by atoms with E-state index < -0.39 is 12.1 Å². The molecule has 1 fully saturated rings. The summed E-state index contributed by atoms with van der Waals surface area (Å²) in [7, 11) is 0. The van der Waals surface area contributed by atoms with Crippen molar-refractivity contribution in [3.05, 3.63) is 23.9 Å². The number of carbonyl (C=O) groups is 2. The fourth-order valence-electron chi connectivity index (χ4n) is 1.75. The zero-order valence-corrected chi connectivity index (χ0v) is 9.76. The third kappa shape index (κ3) is 3.04. The van der Waals surface area contributed by atoms with Crippen molar-refractivity contribution in [2.75, 3.05) is 11.9 Å². The highest BCUT2D eigenvalue weighted by Crippen LogP contribution is 2.14. The summed E-state index contributed by atoms with van der Waals surface area (Å²) in [4.78, 5) is 26.3. The highest BCUT2D eigenvalue weighted by molar-refractivity contribution is 5.94. The number of aromatic carboxylic acids is 1. The molecular formula is C12H14N2O4. The minimum absolute atomic E-state index is 0.0851. The molecular weight excluding hydrogens is 236 g/mol. The van der Waals surface area contributed by atoms with Gasteiger partial charge in [0.05, 0.1) is 5.56 Å². The standard InChI is InChI=1S/C12H14N2O4/c15-11(9-3-1-2-6-18-9)14-10-5-4-8(7-13-10)12(16)17/h4-5,7,9H,1-3,6H2,(H,16,17)(H,13,14,15). The molecule has 18 heavy (non-hydrogen) atoms. The van der Waals surface area contributed by atoms with Crippen molar-refractivity contribution < 1.29 is 19.4 Å². The number of anilines is 1. The molecule has 0 aliphatic carbocycles. The quantitative estimate of drug-likeness (QED) is 0.843. The Balaban J connectivity index is 1.96. The molecule has 0 spiro atoms. The molecule has 6 nitrogen and oxygen atoms in total. The second-order valence-corrected chi connectivity index (χ2v) is 4.08. The smallest absolute Gasteiger partial charge is 0.337 e. The van der Waals surface area contributed by atoms with E-state index in [9.17, 15) is 9.59 Å². The van der Waals surface area contributed by atoms with Crippen molar-refractivity contribution in [1.82, 2.24) is 4.98 Å². The van der Waals surface area contributed by atoms with Crippen molar-refractivity contribution in [2.45, 2.75) is 25.4 Å². The fourth-order valence-corrected chi connectivity index (χ4v) is 1.75. The van der Waals surface area contributed by atoms with Crippen LogP contribution in [0.4, 0.5) is 5.82 Å². The van der Waals surface area contributed by atoms with Crippen molar-refractivity contribution in [1.29, 1.82) is 0 Å². The van der Waals surface area contributed by atoms with E-state index in [1.807, 2.05) is 0 Å². The number of amides is 1. The van der Waals surface area contributed by atoms with Gasteiger partial charge in [-0.2, -0.15) is 0 Å². The SMILES string of the molecule is O=C(O)c1ccc(NC(=O)C2CCCCO2)nc1. The molecule has 2 N–H and O–H groups in total. The largest absolute Gasteiger partial charge is 0.478 e. The number of carboxylic acids is 1. The number of hydrogen-bond acceptors (Lipinski definition) is 4. The van der Waals surface area contributed by atoms with Crippen molar-refractivity contribution in [2.24, 2.45) is 0 Å². The molecule has 1 aliphatic rings. The van der Waals surface area contributed by atoms with Gasteiger partial charge in [0, 0.05) is 12.8 Å². The molecule has 0 saturated carbocycles. The molecule has 1 unspecified atom stereocenters. The van der Waals surface area contributed by atoms with Gasteiger partial charge >= 0.3 is 5.97 Å². The van der Waals surface area contributed by atoms with Gasteiger partial charge in [-0.3, -0.25) is 4.79 Å². The molecule has 1 aromatic heterocycles. The lowest BCUT2D eigenvalue weighted by Gasteiger charge is -2.21. The Morgan fingerprint density at radius 1 is 1.39 bits per heavy atom. The van der Waals surface area contributed by atoms with Gasteiger partial charge in [-0.25, -0.2) is 9.78 Å². The predicted molar refractivity (Wildman–Crippen MR) is 63.4 cm³/mol. The number of ether oxygens (including phenoxy) is 1. The minimum Gasteiger partial charge on any atom is -0.478 e. The first-order chi connectivity index (χ1) is 8.66. The second kappa shape index (κ2) is 5.59. The Bertz CT molecular complexity index is 438. The van der Waals surface area contributed by atoms with Gasteiger partial charge in [0.25, 0.3) is 5.91 Å². The van der Waals surface area contributed by atoms with Crippen LogP contribution in [0.25, 0.3) is 0 Å². The minimum atomic E-state index is -1.05. The van der Waals surface area contributed by atoms with Gasteiger partial charge in [-0.1, -0.05) is 0 Å². The number of hydrogen-bond donors (Lipinski definition) is 2. The molecule has 6 heteroatoms.